The van der Waals surface area contributed by atoms with E-state index < -0.39 is 0 Å². The van der Waals surface area contributed by atoms with Gasteiger partial charge in [0.1, 0.15) is 5.82 Å². The predicted octanol–water partition coefficient (Wildman–Crippen LogP) is 2.45. The Morgan fingerprint density at radius 3 is 2.62 bits per heavy atom. The fourth-order valence-electron chi connectivity index (χ4n) is 1.91. The van der Waals surface area contributed by atoms with Gasteiger partial charge in [0.25, 0.3) is 0 Å². The minimum absolute atomic E-state index is 0.272. The molecule has 0 spiro atoms. The van der Waals surface area contributed by atoms with Crippen molar-refractivity contribution >= 4 is 5.71 Å². The number of rotatable bonds is 5. The predicted molar refractivity (Wildman–Crippen MR) is 82.6 cm³/mol. The van der Waals surface area contributed by atoms with Crippen molar-refractivity contribution in [2.75, 3.05) is 7.05 Å². The number of hydrogen-bond acceptors (Lipinski definition) is 4. The Morgan fingerprint density at radius 1 is 1.29 bits per heavy atom. The van der Waals surface area contributed by atoms with Crippen LogP contribution in [0, 0.1) is 11.2 Å². The maximum Gasteiger partial charge on any atom is 0.123 e. The second-order valence-electron chi connectivity index (χ2n) is 4.45. The lowest BCUT2D eigenvalue weighted by Crippen LogP contribution is -2.10. The summed E-state index contributed by atoms with van der Waals surface area (Å²) in [5.74, 6) is -0.290. The zero-order valence-electron chi connectivity index (χ0n) is 11.7. The number of halogens is 1. The molecule has 1 aromatic heterocycles. The molecule has 5 heteroatoms. The van der Waals surface area contributed by atoms with E-state index >= 15 is 0 Å². The van der Waals surface area contributed by atoms with E-state index in [4.69, 9.17) is 11.1 Å². The van der Waals surface area contributed by atoms with Gasteiger partial charge in [0.2, 0.25) is 0 Å². The highest BCUT2D eigenvalue weighted by molar-refractivity contribution is 6.06. The largest absolute Gasteiger partial charge is 0.394 e. The van der Waals surface area contributed by atoms with Gasteiger partial charge in [-0.3, -0.25) is 5.41 Å². The Hall–Kier alpha value is -2.53. The summed E-state index contributed by atoms with van der Waals surface area (Å²) in [6.45, 7) is 0.307. The highest BCUT2D eigenvalue weighted by atomic mass is 19.1. The van der Waals surface area contributed by atoms with Gasteiger partial charge in [-0.2, -0.15) is 0 Å². The molecular formula is C16H17FN4. The summed E-state index contributed by atoms with van der Waals surface area (Å²) < 4.78 is 13.0. The summed E-state index contributed by atoms with van der Waals surface area (Å²) in [7, 11) is 1.76. The number of pyridine rings is 1. The van der Waals surface area contributed by atoms with Crippen molar-refractivity contribution in [3.63, 3.8) is 0 Å². The average molecular weight is 284 g/mol. The normalized spacial score (nSPS) is 10.8. The molecule has 4 nitrogen and oxygen atoms in total. The maximum atomic E-state index is 13.0. The number of hydrogen-bond donors (Lipinski definition) is 3. The van der Waals surface area contributed by atoms with E-state index in [9.17, 15) is 4.39 Å². The van der Waals surface area contributed by atoms with Crippen molar-refractivity contribution < 1.29 is 4.39 Å². The van der Waals surface area contributed by atoms with Gasteiger partial charge >= 0.3 is 0 Å². The van der Waals surface area contributed by atoms with Crippen LogP contribution in [0.25, 0.3) is 11.3 Å². The van der Waals surface area contributed by atoms with Crippen LogP contribution in [0.2, 0.25) is 0 Å². The molecule has 0 aliphatic rings. The Morgan fingerprint density at radius 2 is 2.00 bits per heavy atom. The topological polar surface area (TPSA) is 74.8 Å². The Kier molecular flexibility index (Phi) is 4.79. The zero-order valence-corrected chi connectivity index (χ0v) is 11.7. The Labute approximate surface area is 123 Å². The van der Waals surface area contributed by atoms with E-state index in [2.05, 4.69) is 10.3 Å². The van der Waals surface area contributed by atoms with Crippen LogP contribution < -0.4 is 11.1 Å². The van der Waals surface area contributed by atoms with Gasteiger partial charge in [-0.05, 0) is 48.2 Å². The molecule has 0 saturated heterocycles. The third-order valence-corrected chi connectivity index (χ3v) is 3.01. The molecule has 0 bridgehead atoms. The first-order valence-electron chi connectivity index (χ1n) is 6.54. The number of nitrogens with one attached hydrogen (secondary N) is 2. The van der Waals surface area contributed by atoms with E-state index in [1.165, 1.54) is 12.1 Å². The number of aromatic nitrogens is 1. The van der Waals surface area contributed by atoms with Gasteiger partial charge in [0.15, 0.2) is 0 Å². The molecule has 0 aliphatic carbocycles. The molecule has 4 N–H and O–H groups in total. The van der Waals surface area contributed by atoms with Crippen LogP contribution in [0.1, 0.15) is 11.3 Å². The monoisotopic (exact) mass is 284 g/mol. The summed E-state index contributed by atoms with van der Waals surface area (Å²) >= 11 is 0. The molecule has 108 valence electrons. The lowest BCUT2D eigenvalue weighted by molar-refractivity contribution is 0.628. The standard InChI is InChI=1S/C16H17FN4/c1-20-9-8-14(19)16-12(10-18)4-7-15(21-16)11-2-5-13(17)6-3-11/h2-9,19-20H,10,18H2,1H3/b9-8-,19-14?. The van der Waals surface area contributed by atoms with Gasteiger partial charge < -0.3 is 11.1 Å². The molecule has 2 aromatic rings. The van der Waals surface area contributed by atoms with Crippen molar-refractivity contribution in [1.82, 2.24) is 10.3 Å². The molecule has 1 heterocycles. The average Bonchev–Trinajstić information content (AvgIpc) is 2.52. The molecule has 0 atom stereocenters. The first-order chi connectivity index (χ1) is 10.2. The molecule has 1 aromatic carbocycles. The molecule has 0 amide bonds. The molecule has 0 unspecified atom stereocenters. The van der Waals surface area contributed by atoms with E-state index in [-0.39, 0.29) is 11.5 Å². The number of benzene rings is 1. The summed E-state index contributed by atoms with van der Waals surface area (Å²) in [5, 5.41) is 10.9. The van der Waals surface area contributed by atoms with Crippen LogP contribution >= 0.6 is 0 Å². The third kappa shape index (κ3) is 3.52. The summed E-state index contributed by atoms with van der Waals surface area (Å²) in [5.41, 5.74) is 8.79. The first kappa shape index (κ1) is 14.9. The van der Waals surface area contributed by atoms with Gasteiger partial charge in [0, 0.05) is 19.2 Å². The van der Waals surface area contributed by atoms with Gasteiger partial charge in [-0.1, -0.05) is 6.07 Å². The van der Waals surface area contributed by atoms with Gasteiger partial charge in [0.05, 0.1) is 17.1 Å². The van der Waals surface area contributed by atoms with Crippen LogP contribution in [-0.2, 0) is 6.54 Å². The third-order valence-electron chi connectivity index (χ3n) is 3.01. The van der Waals surface area contributed by atoms with Crippen LogP contribution in [0.15, 0.2) is 48.7 Å². The lowest BCUT2D eigenvalue weighted by atomic mass is 10.1. The highest BCUT2D eigenvalue weighted by Gasteiger charge is 2.09. The van der Waals surface area contributed by atoms with Crippen molar-refractivity contribution in [1.29, 1.82) is 5.41 Å². The number of allylic oxidation sites excluding steroid dienone is 1. The fourth-order valence-corrected chi connectivity index (χ4v) is 1.91. The summed E-state index contributed by atoms with van der Waals surface area (Å²) in [4.78, 5) is 4.49. The second kappa shape index (κ2) is 6.76. The minimum Gasteiger partial charge on any atom is -0.394 e. The summed E-state index contributed by atoms with van der Waals surface area (Å²) in [6.07, 6.45) is 3.28. The van der Waals surface area contributed by atoms with E-state index in [1.54, 1.807) is 31.5 Å². The molecule has 0 fully saturated rings. The molecule has 21 heavy (non-hydrogen) atoms. The Bertz CT molecular complexity index is 662. The Balaban J connectivity index is 2.44. The number of nitrogens with zero attached hydrogens (tertiary/aromatic N) is 1. The van der Waals surface area contributed by atoms with E-state index in [0.29, 0.717) is 17.9 Å². The van der Waals surface area contributed by atoms with E-state index in [0.717, 1.165) is 11.1 Å². The maximum absolute atomic E-state index is 13.0. The van der Waals surface area contributed by atoms with Crippen LogP contribution in [-0.4, -0.2) is 17.7 Å². The van der Waals surface area contributed by atoms with Gasteiger partial charge in [-0.25, -0.2) is 9.37 Å². The smallest absolute Gasteiger partial charge is 0.123 e. The molecular weight excluding hydrogens is 267 g/mol. The minimum atomic E-state index is -0.290. The van der Waals surface area contributed by atoms with Crippen molar-refractivity contribution in [3.8, 4) is 11.3 Å². The first-order valence-corrected chi connectivity index (χ1v) is 6.54. The molecule has 0 aliphatic heterocycles. The molecule has 2 rings (SSSR count). The molecule has 0 saturated carbocycles. The highest BCUT2D eigenvalue weighted by Crippen LogP contribution is 2.20. The zero-order chi connectivity index (χ0) is 15.2. The second-order valence-corrected chi connectivity index (χ2v) is 4.45. The van der Waals surface area contributed by atoms with Crippen molar-refractivity contribution in [3.05, 3.63) is 65.7 Å². The molecule has 0 radical (unpaired) electrons. The van der Waals surface area contributed by atoms with Crippen LogP contribution in [0.4, 0.5) is 4.39 Å². The van der Waals surface area contributed by atoms with Gasteiger partial charge in [-0.15, -0.1) is 0 Å². The lowest BCUT2D eigenvalue weighted by Gasteiger charge is -2.09. The van der Waals surface area contributed by atoms with Crippen LogP contribution in [0.5, 0.6) is 0 Å². The summed E-state index contributed by atoms with van der Waals surface area (Å²) in [6, 6.07) is 9.78. The van der Waals surface area contributed by atoms with E-state index in [1.807, 2.05) is 12.1 Å². The SMILES string of the molecule is CN/C=C\C(=N)c1nc(-c2ccc(F)cc2)ccc1CN. The van der Waals surface area contributed by atoms with Crippen molar-refractivity contribution in [2.45, 2.75) is 6.54 Å². The number of nitrogens with two attached hydrogens (primary N) is 1. The van der Waals surface area contributed by atoms with Crippen LogP contribution in [0.3, 0.4) is 0 Å². The quantitative estimate of drug-likeness (QED) is 0.738. The van der Waals surface area contributed by atoms with Crippen molar-refractivity contribution in [2.24, 2.45) is 5.73 Å². The fraction of sp³-hybridized carbons (Fsp3) is 0.125.